The van der Waals surface area contributed by atoms with E-state index >= 15 is 0 Å². The minimum Gasteiger partial charge on any atom is -0.300 e. The van der Waals surface area contributed by atoms with E-state index in [2.05, 4.69) is 109 Å². The van der Waals surface area contributed by atoms with Crippen LogP contribution in [0.25, 0.3) is 21.5 Å². The van der Waals surface area contributed by atoms with E-state index in [-0.39, 0.29) is 0 Å². The summed E-state index contributed by atoms with van der Waals surface area (Å²) in [6.07, 6.45) is 0. The highest BCUT2D eigenvalue weighted by Gasteiger charge is 2.57. The molecule has 37 heavy (non-hydrogen) atoms. The van der Waals surface area contributed by atoms with Crippen molar-refractivity contribution in [2.45, 2.75) is 0 Å². The van der Waals surface area contributed by atoms with Crippen molar-refractivity contribution < 1.29 is 9.05 Å². The van der Waals surface area contributed by atoms with Gasteiger partial charge in [-0.1, -0.05) is 121 Å². The van der Waals surface area contributed by atoms with Gasteiger partial charge in [0.2, 0.25) is 0 Å². The number of nitrogens with zero attached hydrogens (tertiary/aromatic N) is 2. The molecule has 0 atom stereocenters. The van der Waals surface area contributed by atoms with E-state index in [4.69, 9.17) is 9.05 Å². The molecule has 0 fully saturated rings. The van der Waals surface area contributed by atoms with Crippen LogP contribution in [0.2, 0.25) is 0 Å². The molecular weight excluding hydrogens is 472 g/mol. The van der Waals surface area contributed by atoms with Gasteiger partial charge in [0, 0.05) is 38.6 Å². The van der Waals surface area contributed by atoms with E-state index in [0.717, 1.165) is 43.8 Å². The lowest BCUT2D eigenvalue weighted by Gasteiger charge is -2.36. The molecule has 1 aliphatic rings. The number of allylic oxidation sites excluding steroid dienone is 2. The highest BCUT2D eigenvalue weighted by atomic mass is 28.4. The number of benzene rings is 4. The summed E-state index contributed by atoms with van der Waals surface area (Å²) in [5, 5.41) is 5.77. The number of hydrogen-bond donors (Lipinski definition) is 0. The van der Waals surface area contributed by atoms with Gasteiger partial charge in [-0.2, -0.15) is 0 Å². The van der Waals surface area contributed by atoms with Crippen LogP contribution in [-0.4, -0.2) is 46.9 Å². The first-order valence-corrected chi connectivity index (χ1v) is 14.3. The molecule has 0 bridgehead atoms. The summed E-state index contributed by atoms with van der Waals surface area (Å²) >= 11 is 0. The van der Waals surface area contributed by atoms with E-state index < -0.39 is 8.56 Å². The summed E-state index contributed by atoms with van der Waals surface area (Å²) in [5.41, 5.74) is 6.74. The van der Waals surface area contributed by atoms with E-state index in [1.165, 1.54) is 0 Å². The van der Waals surface area contributed by atoms with Crippen LogP contribution in [0.1, 0.15) is 22.3 Å². The second-order valence-corrected chi connectivity index (χ2v) is 12.0. The number of rotatable bonds is 8. The Morgan fingerprint density at radius 2 is 0.676 bits per heavy atom. The van der Waals surface area contributed by atoms with Gasteiger partial charge in [0.25, 0.3) is 0 Å². The van der Waals surface area contributed by atoms with Gasteiger partial charge >= 0.3 is 8.56 Å². The van der Waals surface area contributed by atoms with Gasteiger partial charge < -0.3 is 0 Å². The average Bonchev–Trinajstić information content (AvgIpc) is 3.19. The molecule has 0 spiro atoms. The van der Waals surface area contributed by atoms with Gasteiger partial charge in [-0.3, -0.25) is 9.05 Å². The predicted octanol–water partition coefficient (Wildman–Crippen LogP) is 6.73. The van der Waals surface area contributed by atoms with Crippen molar-refractivity contribution in [1.82, 2.24) is 10.1 Å². The zero-order valence-corrected chi connectivity index (χ0v) is 22.8. The topological polar surface area (TPSA) is 24.9 Å². The van der Waals surface area contributed by atoms with Crippen molar-refractivity contribution in [2.24, 2.45) is 0 Å². The van der Waals surface area contributed by atoms with Crippen molar-refractivity contribution in [3.63, 3.8) is 0 Å². The molecule has 0 radical (unpaired) electrons. The Bertz CT molecular complexity index is 1290. The quantitative estimate of drug-likeness (QED) is 0.196. The Morgan fingerprint density at radius 3 is 0.946 bits per heavy atom. The summed E-state index contributed by atoms with van der Waals surface area (Å²) in [6, 6.07) is 42.3. The number of hydrogen-bond acceptors (Lipinski definition) is 4. The van der Waals surface area contributed by atoms with Crippen molar-refractivity contribution in [3.05, 3.63) is 144 Å². The first-order chi connectivity index (χ1) is 18.0. The molecule has 186 valence electrons. The smallest absolute Gasteiger partial charge is 0.300 e. The van der Waals surface area contributed by atoms with Crippen molar-refractivity contribution in [3.8, 4) is 0 Å². The largest absolute Gasteiger partial charge is 0.443 e. The van der Waals surface area contributed by atoms with Gasteiger partial charge in [0.1, 0.15) is 0 Å². The molecule has 4 aromatic rings. The molecule has 0 amide bonds. The Hall–Kier alpha value is -3.58. The van der Waals surface area contributed by atoms with Gasteiger partial charge in [0.05, 0.1) is 0 Å². The van der Waals surface area contributed by atoms with Crippen molar-refractivity contribution >= 4 is 30.1 Å². The van der Waals surface area contributed by atoms with Crippen LogP contribution in [0.4, 0.5) is 0 Å². The summed E-state index contributed by atoms with van der Waals surface area (Å²) in [5.74, 6) is 0. The molecule has 1 heterocycles. The summed E-state index contributed by atoms with van der Waals surface area (Å²) < 4.78 is 13.9. The van der Waals surface area contributed by atoms with Gasteiger partial charge in [-0.15, -0.1) is 0 Å². The van der Waals surface area contributed by atoms with Gasteiger partial charge in [-0.25, -0.2) is 10.1 Å². The highest BCUT2D eigenvalue weighted by Crippen LogP contribution is 2.56. The van der Waals surface area contributed by atoms with Gasteiger partial charge in [0.15, 0.2) is 0 Å². The van der Waals surface area contributed by atoms with Crippen LogP contribution < -0.4 is 0 Å². The zero-order chi connectivity index (χ0) is 25.8. The van der Waals surface area contributed by atoms with Crippen LogP contribution in [0, 0.1) is 0 Å². The Morgan fingerprint density at radius 1 is 0.405 bits per heavy atom. The van der Waals surface area contributed by atoms with Crippen LogP contribution in [0.15, 0.2) is 121 Å². The fourth-order valence-corrected chi connectivity index (χ4v) is 9.05. The van der Waals surface area contributed by atoms with Crippen LogP contribution >= 0.6 is 0 Å². The lowest BCUT2D eigenvalue weighted by atomic mass is 9.89. The SMILES string of the molecule is CN(C)O[Si]1(ON(C)C)C(c2ccccc2)=C(c2ccccc2)C(c2ccccc2)=C1c1ccccc1. The predicted molar refractivity (Wildman–Crippen MR) is 155 cm³/mol. The molecule has 0 N–H and O–H groups in total. The monoisotopic (exact) mass is 504 g/mol. The lowest BCUT2D eigenvalue weighted by molar-refractivity contribution is -0.0969. The maximum absolute atomic E-state index is 6.94. The van der Waals surface area contributed by atoms with Crippen molar-refractivity contribution in [2.75, 3.05) is 28.2 Å². The fourth-order valence-electron chi connectivity index (χ4n) is 5.08. The Labute approximate surface area is 220 Å². The molecule has 0 saturated heterocycles. The molecule has 5 heteroatoms. The normalized spacial score (nSPS) is 15.2. The molecule has 0 saturated carbocycles. The first-order valence-electron chi connectivity index (χ1n) is 12.5. The molecule has 0 aliphatic carbocycles. The highest BCUT2D eigenvalue weighted by molar-refractivity contribution is 7.06. The molecule has 0 aromatic heterocycles. The van der Waals surface area contributed by atoms with E-state index in [0.29, 0.717) is 0 Å². The summed E-state index contributed by atoms with van der Waals surface area (Å²) in [4.78, 5) is 0. The molecule has 0 unspecified atom stereocenters. The summed E-state index contributed by atoms with van der Waals surface area (Å²) in [7, 11) is 4.35. The van der Waals surface area contributed by atoms with E-state index in [1.807, 2.05) is 40.3 Å². The maximum atomic E-state index is 6.94. The van der Waals surface area contributed by atoms with Crippen molar-refractivity contribution in [1.29, 1.82) is 0 Å². The van der Waals surface area contributed by atoms with E-state index in [9.17, 15) is 0 Å². The lowest BCUT2D eigenvalue weighted by Crippen LogP contribution is -2.51. The minimum atomic E-state index is -3.38. The number of hydroxylamine groups is 4. The van der Waals surface area contributed by atoms with Crippen LogP contribution in [0.3, 0.4) is 0 Å². The van der Waals surface area contributed by atoms with Crippen LogP contribution in [-0.2, 0) is 9.05 Å². The Balaban J connectivity index is 2.00. The zero-order valence-electron chi connectivity index (χ0n) is 21.8. The second-order valence-electron chi connectivity index (χ2n) is 9.39. The fraction of sp³-hybridized carbons (Fsp3) is 0.125. The standard InChI is InChI=1S/C32H32N2O2Si/c1-33(2)35-37(36-34(3)4)31(27-21-13-7-14-22-27)29(25-17-9-5-10-18-25)30(26-19-11-6-12-20-26)32(37)28-23-15-8-16-24-28/h5-24H,1-4H3. The van der Waals surface area contributed by atoms with Crippen LogP contribution in [0.5, 0.6) is 0 Å². The molecule has 4 aromatic carbocycles. The minimum absolute atomic E-state index is 1.09. The first kappa shape index (κ1) is 25.1. The maximum Gasteiger partial charge on any atom is 0.443 e. The summed E-state index contributed by atoms with van der Waals surface area (Å²) in [6.45, 7) is 0. The second kappa shape index (κ2) is 10.8. The third-order valence-corrected chi connectivity index (χ3v) is 9.92. The van der Waals surface area contributed by atoms with Gasteiger partial charge in [-0.05, 0) is 33.4 Å². The Kier molecular flexibility index (Phi) is 7.32. The molecule has 1 aliphatic heterocycles. The average molecular weight is 505 g/mol. The molecular formula is C32H32N2O2Si. The third-order valence-electron chi connectivity index (χ3n) is 6.28. The molecule has 4 nitrogen and oxygen atoms in total. The third kappa shape index (κ3) is 4.88. The van der Waals surface area contributed by atoms with E-state index in [1.54, 1.807) is 10.1 Å². The molecule has 5 rings (SSSR count).